The summed E-state index contributed by atoms with van der Waals surface area (Å²) in [5, 5.41) is 0. The van der Waals surface area contributed by atoms with Crippen LogP contribution in [-0.4, -0.2) is 13.7 Å². The maximum absolute atomic E-state index is 6.05. The molecule has 0 heterocycles. The smallest absolute Gasteiger partial charge is 0.169 e. The number of ether oxygens (including phenoxy) is 3. The highest BCUT2D eigenvalue weighted by atomic mass is 16.5. The van der Waals surface area contributed by atoms with Crippen LogP contribution in [0.15, 0.2) is 42.5 Å². The van der Waals surface area contributed by atoms with Crippen LogP contribution >= 0.6 is 0 Å². The van der Waals surface area contributed by atoms with Gasteiger partial charge in [0.15, 0.2) is 11.5 Å². The van der Waals surface area contributed by atoms with Crippen molar-refractivity contribution in [3.8, 4) is 23.0 Å². The molecule has 2 rings (SSSR count). The van der Waals surface area contributed by atoms with E-state index in [-0.39, 0.29) is 6.04 Å². The standard InChI is InChI=1S/C17H21NO3/c1-4-20-13-8-5-6-9-14(13)21-16-11-7-10-15(19-3)17(16)12(2)18/h5-12H,4,18H2,1-3H3. The van der Waals surface area contributed by atoms with Gasteiger partial charge in [-0.15, -0.1) is 0 Å². The molecule has 21 heavy (non-hydrogen) atoms. The van der Waals surface area contributed by atoms with E-state index >= 15 is 0 Å². The number of hydrogen-bond donors (Lipinski definition) is 1. The van der Waals surface area contributed by atoms with Crippen molar-refractivity contribution in [1.29, 1.82) is 0 Å². The van der Waals surface area contributed by atoms with E-state index in [0.717, 1.165) is 11.3 Å². The third-order valence-corrected chi connectivity index (χ3v) is 3.07. The number of rotatable bonds is 6. The first kappa shape index (κ1) is 15.2. The molecule has 2 aromatic rings. The fourth-order valence-electron chi connectivity index (χ4n) is 2.17. The summed E-state index contributed by atoms with van der Waals surface area (Å²) in [6, 6.07) is 13.0. The molecule has 0 bridgehead atoms. The molecule has 112 valence electrons. The fourth-order valence-corrected chi connectivity index (χ4v) is 2.17. The Bertz CT molecular complexity index is 596. The van der Waals surface area contributed by atoms with Crippen molar-refractivity contribution >= 4 is 0 Å². The molecule has 0 aliphatic carbocycles. The Labute approximate surface area is 125 Å². The van der Waals surface area contributed by atoms with E-state index in [1.54, 1.807) is 7.11 Å². The molecule has 2 N–H and O–H groups in total. The number of para-hydroxylation sites is 2. The van der Waals surface area contributed by atoms with Gasteiger partial charge in [-0.25, -0.2) is 0 Å². The lowest BCUT2D eigenvalue weighted by Crippen LogP contribution is -2.09. The maximum Gasteiger partial charge on any atom is 0.169 e. The van der Waals surface area contributed by atoms with Crippen LogP contribution < -0.4 is 19.9 Å². The van der Waals surface area contributed by atoms with Gasteiger partial charge in [0.05, 0.1) is 19.3 Å². The average Bonchev–Trinajstić information content (AvgIpc) is 2.49. The predicted molar refractivity (Wildman–Crippen MR) is 83.3 cm³/mol. The van der Waals surface area contributed by atoms with Gasteiger partial charge in [-0.2, -0.15) is 0 Å². The molecule has 0 saturated carbocycles. The highest BCUT2D eigenvalue weighted by Gasteiger charge is 2.16. The minimum atomic E-state index is -0.199. The molecule has 1 atom stereocenters. The van der Waals surface area contributed by atoms with Crippen LogP contribution in [0.1, 0.15) is 25.5 Å². The van der Waals surface area contributed by atoms with Crippen LogP contribution in [0.2, 0.25) is 0 Å². The summed E-state index contributed by atoms with van der Waals surface area (Å²) in [5.74, 6) is 2.76. The lowest BCUT2D eigenvalue weighted by atomic mass is 10.1. The summed E-state index contributed by atoms with van der Waals surface area (Å²) in [6.45, 7) is 4.42. The zero-order valence-corrected chi connectivity index (χ0v) is 12.6. The molecular weight excluding hydrogens is 266 g/mol. The Morgan fingerprint density at radius 2 is 1.57 bits per heavy atom. The molecule has 0 spiro atoms. The van der Waals surface area contributed by atoms with Crippen molar-refractivity contribution in [3.63, 3.8) is 0 Å². The monoisotopic (exact) mass is 287 g/mol. The van der Waals surface area contributed by atoms with E-state index in [9.17, 15) is 0 Å². The molecule has 0 amide bonds. The zero-order chi connectivity index (χ0) is 15.2. The van der Waals surface area contributed by atoms with Crippen LogP contribution in [0.25, 0.3) is 0 Å². The summed E-state index contributed by atoms with van der Waals surface area (Å²) in [6.07, 6.45) is 0. The molecule has 0 aliphatic rings. The Balaban J connectivity index is 2.40. The molecule has 0 fully saturated rings. The van der Waals surface area contributed by atoms with Crippen molar-refractivity contribution in [1.82, 2.24) is 0 Å². The summed E-state index contributed by atoms with van der Waals surface area (Å²) in [4.78, 5) is 0. The van der Waals surface area contributed by atoms with Crippen molar-refractivity contribution in [2.45, 2.75) is 19.9 Å². The third kappa shape index (κ3) is 3.47. The molecule has 0 saturated heterocycles. The second-order valence-electron chi connectivity index (χ2n) is 4.64. The van der Waals surface area contributed by atoms with Gasteiger partial charge in [0.25, 0.3) is 0 Å². The van der Waals surface area contributed by atoms with Crippen LogP contribution in [0.5, 0.6) is 23.0 Å². The lowest BCUT2D eigenvalue weighted by molar-refractivity contribution is 0.320. The van der Waals surface area contributed by atoms with E-state index < -0.39 is 0 Å². The normalized spacial score (nSPS) is 11.8. The molecule has 0 aromatic heterocycles. The first-order chi connectivity index (χ1) is 10.2. The highest BCUT2D eigenvalue weighted by Crippen LogP contribution is 2.38. The van der Waals surface area contributed by atoms with Crippen molar-refractivity contribution in [2.24, 2.45) is 5.73 Å². The molecular formula is C17H21NO3. The van der Waals surface area contributed by atoms with E-state index in [0.29, 0.717) is 23.9 Å². The second kappa shape index (κ2) is 6.99. The predicted octanol–water partition coefficient (Wildman–Crippen LogP) is 3.91. The Morgan fingerprint density at radius 3 is 2.19 bits per heavy atom. The second-order valence-corrected chi connectivity index (χ2v) is 4.64. The number of nitrogens with two attached hydrogens (primary N) is 1. The van der Waals surface area contributed by atoms with Gasteiger partial charge in [-0.1, -0.05) is 18.2 Å². The van der Waals surface area contributed by atoms with Gasteiger partial charge < -0.3 is 19.9 Å². The fraction of sp³-hybridized carbons (Fsp3) is 0.294. The minimum absolute atomic E-state index is 0.199. The summed E-state index contributed by atoms with van der Waals surface area (Å²) >= 11 is 0. The largest absolute Gasteiger partial charge is 0.496 e. The van der Waals surface area contributed by atoms with E-state index in [1.165, 1.54) is 0 Å². The summed E-state index contributed by atoms with van der Waals surface area (Å²) < 4.78 is 17.0. The first-order valence-electron chi connectivity index (χ1n) is 6.99. The van der Waals surface area contributed by atoms with Gasteiger partial charge in [0.1, 0.15) is 11.5 Å². The quantitative estimate of drug-likeness (QED) is 0.875. The number of hydrogen-bond acceptors (Lipinski definition) is 4. The van der Waals surface area contributed by atoms with Crippen LogP contribution in [0.3, 0.4) is 0 Å². The van der Waals surface area contributed by atoms with E-state index in [4.69, 9.17) is 19.9 Å². The number of benzene rings is 2. The van der Waals surface area contributed by atoms with Crippen LogP contribution in [0, 0.1) is 0 Å². The Kier molecular flexibility index (Phi) is 5.06. The third-order valence-electron chi connectivity index (χ3n) is 3.07. The minimum Gasteiger partial charge on any atom is -0.496 e. The molecule has 2 aromatic carbocycles. The zero-order valence-electron chi connectivity index (χ0n) is 12.6. The average molecular weight is 287 g/mol. The lowest BCUT2D eigenvalue weighted by Gasteiger charge is -2.18. The Morgan fingerprint density at radius 1 is 0.952 bits per heavy atom. The Hall–Kier alpha value is -2.20. The molecule has 1 unspecified atom stereocenters. The summed E-state index contributed by atoms with van der Waals surface area (Å²) in [7, 11) is 1.62. The van der Waals surface area contributed by atoms with Gasteiger partial charge in [0, 0.05) is 6.04 Å². The van der Waals surface area contributed by atoms with Crippen LogP contribution in [-0.2, 0) is 0 Å². The molecule has 4 nitrogen and oxygen atoms in total. The van der Waals surface area contributed by atoms with Gasteiger partial charge in [-0.05, 0) is 38.1 Å². The van der Waals surface area contributed by atoms with Crippen LogP contribution in [0.4, 0.5) is 0 Å². The SMILES string of the molecule is CCOc1ccccc1Oc1cccc(OC)c1C(C)N. The molecule has 4 heteroatoms. The molecule has 0 radical (unpaired) electrons. The topological polar surface area (TPSA) is 53.7 Å². The summed E-state index contributed by atoms with van der Waals surface area (Å²) in [5.41, 5.74) is 6.89. The van der Waals surface area contributed by atoms with Gasteiger partial charge in [0.2, 0.25) is 0 Å². The van der Waals surface area contributed by atoms with Crippen molar-refractivity contribution in [2.75, 3.05) is 13.7 Å². The van der Waals surface area contributed by atoms with Crippen molar-refractivity contribution < 1.29 is 14.2 Å². The number of methoxy groups -OCH3 is 1. The van der Waals surface area contributed by atoms with E-state index in [1.807, 2.05) is 56.3 Å². The highest BCUT2D eigenvalue weighted by molar-refractivity contribution is 5.50. The van der Waals surface area contributed by atoms with Crippen molar-refractivity contribution in [3.05, 3.63) is 48.0 Å². The van der Waals surface area contributed by atoms with Gasteiger partial charge in [-0.3, -0.25) is 0 Å². The maximum atomic E-state index is 6.05. The van der Waals surface area contributed by atoms with E-state index in [2.05, 4.69) is 0 Å². The molecule has 0 aliphatic heterocycles. The first-order valence-corrected chi connectivity index (χ1v) is 6.99. The van der Waals surface area contributed by atoms with Gasteiger partial charge >= 0.3 is 0 Å².